The van der Waals surface area contributed by atoms with Crippen LogP contribution < -0.4 is 0 Å². The molecule has 1 unspecified atom stereocenters. The summed E-state index contributed by atoms with van der Waals surface area (Å²) in [6.45, 7) is 2.66. The fraction of sp³-hybridized carbons (Fsp3) is 0.500. The fourth-order valence-corrected chi connectivity index (χ4v) is 1.97. The fourth-order valence-electron chi connectivity index (χ4n) is 1.97. The van der Waals surface area contributed by atoms with Gasteiger partial charge in [-0.3, -0.25) is 4.79 Å². The SMILES string of the molecule is CCC(Cc1ccc(O)cc1)N(C)CCC(=O)O. The third kappa shape index (κ3) is 4.75. The van der Waals surface area contributed by atoms with Crippen LogP contribution >= 0.6 is 0 Å². The first kappa shape index (κ1) is 14.5. The number of benzene rings is 1. The zero-order valence-corrected chi connectivity index (χ0v) is 11.0. The first-order chi connectivity index (χ1) is 8.52. The highest BCUT2D eigenvalue weighted by Crippen LogP contribution is 2.14. The van der Waals surface area contributed by atoms with Gasteiger partial charge in [0, 0.05) is 12.6 Å². The van der Waals surface area contributed by atoms with Crippen molar-refractivity contribution in [2.75, 3.05) is 13.6 Å². The van der Waals surface area contributed by atoms with Gasteiger partial charge >= 0.3 is 5.97 Å². The summed E-state index contributed by atoms with van der Waals surface area (Å²) in [4.78, 5) is 12.6. The Morgan fingerprint density at radius 1 is 1.33 bits per heavy atom. The van der Waals surface area contributed by atoms with Crippen LogP contribution in [-0.2, 0) is 11.2 Å². The van der Waals surface area contributed by atoms with Crippen LogP contribution in [0.15, 0.2) is 24.3 Å². The van der Waals surface area contributed by atoms with Crippen molar-refractivity contribution in [3.63, 3.8) is 0 Å². The van der Waals surface area contributed by atoms with E-state index in [9.17, 15) is 9.90 Å². The molecule has 0 spiro atoms. The molecule has 0 aliphatic carbocycles. The molecule has 1 aromatic rings. The zero-order valence-electron chi connectivity index (χ0n) is 11.0. The molecule has 0 heterocycles. The molecule has 4 heteroatoms. The number of carboxylic acids is 1. The Bertz CT molecular complexity index is 375. The van der Waals surface area contributed by atoms with Gasteiger partial charge in [0.25, 0.3) is 0 Å². The van der Waals surface area contributed by atoms with Gasteiger partial charge in [0.2, 0.25) is 0 Å². The predicted molar refractivity (Wildman–Crippen MR) is 70.8 cm³/mol. The zero-order chi connectivity index (χ0) is 13.5. The van der Waals surface area contributed by atoms with Crippen LogP contribution in [0.1, 0.15) is 25.3 Å². The van der Waals surface area contributed by atoms with Gasteiger partial charge in [-0.2, -0.15) is 0 Å². The number of phenolic OH excluding ortho intramolecular Hbond substituents is 1. The van der Waals surface area contributed by atoms with E-state index in [1.54, 1.807) is 12.1 Å². The number of nitrogens with zero attached hydrogens (tertiary/aromatic N) is 1. The van der Waals surface area contributed by atoms with E-state index in [1.165, 1.54) is 0 Å². The van der Waals surface area contributed by atoms with Crippen LogP contribution in [0, 0.1) is 0 Å². The van der Waals surface area contributed by atoms with Crippen molar-refractivity contribution in [1.29, 1.82) is 0 Å². The highest BCUT2D eigenvalue weighted by molar-refractivity contribution is 5.66. The van der Waals surface area contributed by atoms with E-state index >= 15 is 0 Å². The number of carbonyl (C=O) groups is 1. The molecule has 0 saturated heterocycles. The molecule has 0 amide bonds. The number of likely N-dealkylation sites (N-methyl/N-ethyl adjacent to an activating group) is 1. The minimum absolute atomic E-state index is 0.169. The number of aliphatic carboxylic acids is 1. The van der Waals surface area contributed by atoms with E-state index in [1.807, 2.05) is 19.2 Å². The second kappa shape index (κ2) is 7.01. The molecule has 1 aromatic carbocycles. The van der Waals surface area contributed by atoms with Gasteiger partial charge in [-0.15, -0.1) is 0 Å². The number of carboxylic acid groups (broad SMARTS) is 1. The quantitative estimate of drug-likeness (QED) is 0.779. The summed E-state index contributed by atoms with van der Waals surface area (Å²) in [6, 6.07) is 7.50. The van der Waals surface area contributed by atoms with E-state index in [0.29, 0.717) is 12.6 Å². The van der Waals surface area contributed by atoms with Crippen LogP contribution in [0.25, 0.3) is 0 Å². The first-order valence-electron chi connectivity index (χ1n) is 6.23. The third-order valence-corrected chi connectivity index (χ3v) is 3.18. The Morgan fingerprint density at radius 3 is 2.44 bits per heavy atom. The Labute approximate surface area is 108 Å². The van der Waals surface area contributed by atoms with E-state index in [-0.39, 0.29) is 12.2 Å². The largest absolute Gasteiger partial charge is 0.508 e. The van der Waals surface area contributed by atoms with Gasteiger partial charge < -0.3 is 15.1 Å². The molecule has 0 fully saturated rings. The van der Waals surface area contributed by atoms with Crippen LogP contribution in [0.2, 0.25) is 0 Å². The van der Waals surface area contributed by atoms with Crippen LogP contribution in [0.4, 0.5) is 0 Å². The highest BCUT2D eigenvalue weighted by Gasteiger charge is 2.14. The number of rotatable bonds is 7. The maximum atomic E-state index is 10.6. The van der Waals surface area contributed by atoms with E-state index in [2.05, 4.69) is 11.8 Å². The molecule has 0 aliphatic heterocycles. The molecule has 18 heavy (non-hydrogen) atoms. The Kier molecular flexibility index (Phi) is 5.65. The van der Waals surface area contributed by atoms with Gasteiger partial charge in [0.05, 0.1) is 6.42 Å². The van der Waals surface area contributed by atoms with Gasteiger partial charge in [-0.25, -0.2) is 0 Å². The molecule has 1 atom stereocenters. The maximum Gasteiger partial charge on any atom is 0.304 e. The second-order valence-electron chi connectivity index (χ2n) is 4.56. The van der Waals surface area contributed by atoms with Gasteiger partial charge in [-0.05, 0) is 37.6 Å². The van der Waals surface area contributed by atoms with Crippen LogP contribution in [0.3, 0.4) is 0 Å². The molecular weight excluding hydrogens is 230 g/mol. The topological polar surface area (TPSA) is 60.8 Å². The molecule has 0 radical (unpaired) electrons. The maximum absolute atomic E-state index is 10.6. The summed E-state index contributed by atoms with van der Waals surface area (Å²) < 4.78 is 0. The summed E-state index contributed by atoms with van der Waals surface area (Å²) in [5, 5.41) is 17.9. The summed E-state index contributed by atoms with van der Waals surface area (Å²) in [5.74, 6) is -0.493. The Hall–Kier alpha value is -1.55. The number of phenols is 1. The van der Waals surface area contributed by atoms with E-state index < -0.39 is 5.97 Å². The molecule has 0 saturated carbocycles. The van der Waals surface area contributed by atoms with Gasteiger partial charge in [-0.1, -0.05) is 19.1 Å². The van der Waals surface area contributed by atoms with Crippen LogP contribution in [0.5, 0.6) is 5.75 Å². The Balaban J connectivity index is 2.55. The summed E-state index contributed by atoms with van der Waals surface area (Å²) in [7, 11) is 1.96. The minimum Gasteiger partial charge on any atom is -0.508 e. The van der Waals surface area contributed by atoms with Gasteiger partial charge in [0.1, 0.15) is 5.75 Å². The lowest BCUT2D eigenvalue weighted by Crippen LogP contribution is -2.34. The summed E-state index contributed by atoms with van der Waals surface area (Å²) in [5.41, 5.74) is 1.15. The molecule has 0 aromatic heterocycles. The van der Waals surface area contributed by atoms with Crippen molar-refractivity contribution < 1.29 is 15.0 Å². The number of hydrogen-bond donors (Lipinski definition) is 2. The average molecular weight is 251 g/mol. The molecule has 0 bridgehead atoms. The molecule has 100 valence electrons. The van der Waals surface area contributed by atoms with Crippen molar-refractivity contribution in [2.45, 2.75) is 32.2 Å². The molecule has 0 aliphatic rings. The lowest BCUT2D eigenvalue weighted by Gasteiger charge is -2.26. The lowest BCUT2D eigenvalue weighted by molar-refractivity contribution is -0.137. The number of aromatic hydroxyl groups is 1. The lowest BCUT2D eigenvalue weighted by atomic mass is 10.0. The van der Waals surface area contributed by atoms with Crippen LogP contribution in [-0.4, -0.2) is 40.7 Å². The Morgan fingerprint density at radius 2 is 1.94 bits per heavy atom. The second-order valence-corrected chi connectivity index (χ2v) is 4.56. The minimum atomic E-state index is -0.763. The van der Waals surface area contributed by atoms with E-state index in [0.717, 1.165) is 18.4 Å². The first-order valence-corrected chi connectivity index (χ1v) is 6.23. The normalized spacial score (nSPS) is 12.6. The standard InChI is InChI=1S/C14H21NO3/c1-3-12(15(2)9-8-14(17)18)10-11-4-6-13(16)7-5-11/h4-7,12,16H,3,8-10H2,1-2H3,(H,17,18). The van der Waals surface area contributed by atoms with Crippen molar-refractivity contribution >= 4 is 5.97 Å². The smallest absolute Gasteiger partial charge is 0.304 e. The third-order valence-electron chi connectivity index (χ3n) is 3.18. The van der Waals surface area contributed by atoms with E-state index in [4.69, 9.17) is 5.11 Å². The predicted octanol–water partition coefficient (Wildman–Crippen LogP) is 2.12. The van der Waals surface area contributed by atoms with Crippen molar-refractivity contribution in [1.82, 2.24) is 4.90 Å². The summed E-state index contributed by atoms with van der Waals surface area (Å²) >= 11 is 0. The molecule has 2 N–H and O–H groups in total. The molecule has 4 nitrogen and oxygen atoms in total. The number of hydrogen-bond acceptors (Lipinski definition) is 3. The molecular formula is C14H21NO3. The van der Waals surface area contributed by atoms with Gasteiger partial charge in [0.15, 0.2) is 0 Å². The van der Waals surface area contributed by atoms with Crippen molar-refractivity contribution in [3.8, 4) is 5.75 Å². The highest BCUT2D eigenvalue weighted by atomic mass is 16.4. The van der Waals surface area contributed by atoms with Crippen molar-refractivity contribution in [3.05, 3.63) is 29.8 Å². The van der Waals surface area contributed by atoms with Crippen molar-refractivity contribution in [2.24, 2.45) is 0 Å². The monoisotopic (exact) mass is 251 g/mol. The summed E-state index contributed by atoms with van der Waals surface area (Å²) in [6.07, 6.45) is 2.01. The molecule has 1 rings (SSSR count). The average Bonchev–Trinajstić information content (AvgIpc) is 2.35.